The smallest absolute Gasteiger partial charge is 0.408 e. The lowest BCUT2D eigenvalue weighted by Gasteiger charge is -2.24. The second-order valence-corrected chi connectivity index (χ2v) is 5.63. The van der Waals surface area contributed by atoms with E-state index in [0.717, 1.165) is 5.56 Å². The zero-order valence-electron chi connectivity index (χ0n) is 10.6. The van der Waals surface area contributed by atoms with Crippen molar-refractivity contribution in [3.8, 4) is 0 Å². The molecule has 1 aromatic rings. The Hall–Kier alpha value is -1.56. The maximum atomic E-state index is 11.5. The number of hydrogen-bond donors (Lipinski definition) is 1. The molecule has 1 rings (SSSR count). The summed E-state index contributed by atoms with van der Waals surface area (Å²) in [6.45, 7) is 5.12. The van der Waals surface area contributed by atoms with Crippen LogP contribution < -0.4 is 10.4 Å². The van der Waals surface area contributed by atoms with Crippen LogP contribution in [0, 0.1) is 0 Å². The van der Waals surface area contributed by atoms with Gasteiger partial charge in [0.25, 0.3) is 0 Å². The second kappa shape index (κ2) is 5.86. The Morgan fingerprint density at radius 2 is 2.17 bits per heavy atom. The van der Waals surface area contributed by atoms with E-state index < -0.39 is 23.7 Å². The van der Waals surface area contributed by atoms with Gasteiger partial charge in [0.05, 0.1) is 12.0 Å². The van der Waals surface area contributed by atoms with E-state index in [2.05, 4.69) is 5.32 Å². The van der Waals surface area contributed by atoms with Crippen LogP contribution in [0.4, 0.5) is 4.79 Å². The van der Waals surface area contributed by atoms with Crippen molar-refractivity contribution in [3.05, 3.63) is 22.4 Å². The molecule has 0 radical (unpaired) electrons. The molecule has 0 saturated carbocycles. The molecule has 0 bridgehead atoms. The van der Waals surface area contributed by atoms with Gasteiger partial charge in [-0.25, -0.2) is 4.79 Å². The third kappa shape index (κ3) is 5.18. The normalized spacial score (nSPS) is 12.8. The summed E-state index contributed by atoms with van der Waals surface area (Å²) in [5, 5.41) is 16.9. The fourth-order valence-corrected chi connectivity index (χ4v) is 1.97. The molecule has 1 amide bonds. The molecule has 0 spiro atoms. The number of nitrogens with one attached hydrogen (secondary N) is 1. The first-order valence-corrected chi connectivity index (χ1v) is 6.43. The Morgan fingerprint density at radius 3 is 2.61 bits per heavy atom. The predicted molar refractivity (Wildman–Crippen MR) is 66.2 cm³/mol. The minimum Gasteiger partial charge on any atom is -0.548 e. The molecular weight excluding hydrogens is 254 g/mol. The molecule has 1 aromatic heterocycles. The molecule has 100 valence electrons. The van der Waals surface area contributed by atoms with Gasteiger partial charge in [-0.15, -0.1) is 0 Å². The Kier molecular flexibility index (Phi) is 4.72. The molecular formula is C12H16NO4S-. The van der Waals surface area contributed by atoms with Gasteiger partial charge in [0.15, 0.2) is 0 Å². The average Bonchev–Trinajstić information content (AvgIpc) is 2.66. The van der Waals surface area contributed by atoms with Crippen molar-refractivity contribution < 1.29 is 19.4 Å². The highest BCUT2D eigenvalue weighted by atomic mass is 32.1. The third-order valence-electron chi connectivity index (χ3n) is 2.00. The summed E-state index contributed by atoms with van der Waals surface area (Å²) in [6.07, 6.45) is -0.572. The maximum absolute atomic E-state index is 11.5. The molecule has 6 heteroatoms. The SMILES string of the molecule is CC(C)(C)OC(=O)N[C@@H](Cc1ccsc1)C(=O)[O-]. The quantitative estimate of drug-likeness (QED) is 0.883. The highest BCUT2D eigenvalue weighted by Gasteiger charge is 2.20. The number of carbonyl (C=O) groups is 2. The average molecular weight is 270 g/mol. The van der Waals surface area contributed by atoms with Gasteiger partial charge in [-0.3, -0.25) is 0 Å². The molecule has 0 aliphatic carbocycles. The first-order valence-electron chi connectivity index (χ1n) is 5.49. The monoisotopic (exact) mass is 270 g/mol. The van der Waals surface area contributed by atoms with E-state index in [4.69, 9.17) is 4.74 Å². The third-order valence-corrected chi connectivity index (χ3v) is 2.73. The van der Waals surface area contributed by atoms with Gasteiger partial charge in [-0.2, -0.15) is 11.3 Å². The standard InChI is InChI=1S/C12H17NO4S/c1-12(2,3)17-11(16)13-9(10(14)15)6-8-4-5-18-7-8/h4-5,7,9H,6H2,1-3H3,(H,13,16)(H,14,15)/p-1/t9-/m0/s1. The van der Waals surface area contributed by atoms with Crippen molar-refractivity contribution >= 4 is 23.4 Å². The van der Waals surface area contributed by atoms with Gasteiger partial charge in [0, 0.05) is 0 Å². The fraction of sp³-hybridized carbons (Fsp3) is 0.500. The topological polar surface area (TPSA) is 78.5 Å². The first-order chi connectivity index (χ1) is 8.28. The fourth-order valence-electron chi connectivity index (χ4n) is 1.29. The van der Waals surface area contributed by atoms with E-state index >= 15 is 0 Å². The van der Waals surface area contributed by atoms with Crippen LogP contribution in [0.25, 0.3) is 0 Å². The lowest BCUT2D eigenvalue weighted by Crippen LogP contribution is -2.50. The Morgan fingerprint density at radius 1 is 1.50 bits per heavy atom. The van der Waals surface area contributed by atoms with Crippen LogP contribution in [0.15, 0.2) is 16.8 Å². The van der Waals surface area contributed by atoms with Crippen LogP contribution in [-0.4, -0.2) is 23.7 Å². The van der Waals surface area contributed by atoms with Crippen molar-refractivity contribution in [2.45, 2.75) is 38.8 Å². The Balaban J connectivity index is 2.58. The van der Waals surface area contributed by atoms with Crippen molar-refractivity contribution in [1.82, 2.24) is 5.32 Å². The number of hydrogen-bond acceptors (Lipinski definition) is 5. The molecule has 0 aliphatic heterocycles. The zero-order valence-corrected chi connectivity index (χ0v) is 11.4. The van der Waals surface area contributed by atoms with Crippen LogP contribution >= 0.6 is 11.3 Å². The van der Waals surface area contributed by atoms with Crippen LogP contribution in [-0.2, 0) is 16.0 Å². The Bertz CT molecular complexity index is 408. The number of ether oxygens (including phenoxy) is 1. The number of carboxylic acids is 1. The number of carbonyl (C=O) groups excluding carboxylic acids is 2. The van der Waals surface area contributed by atoms with Crippen LogP contribution in [0.3, 0.4) is 0 Å². The van der Waals surface area contributed by atoms with Gasteiger partial charge < -0.3 is 20.0 Å². The molecule has 1 heterocycles. The van der Waals surface area contributed by atoms with Crippen molar-refractivity contribution in [2.24, 2.45) is 0 Å². The number of thiophene rings is 1. The summed E-state index contributed by atoms with van der Waals surface area (Å²) in [5.74, 6) is -1.33. The minimum atomic E-state index is -1.33. The largest absolute Gasteiger partial charge is 0.548 e. The predicted octanol–water partition coefficient (Wildman–Crippen LogP) is 0.934. The van der Waals surface area contributed by atoms with E-state index in [1.54, 1.807) is 26.8 Å². The van der Waals surface area contributed by atoms with Crippen LogP contribution in [0.1, 0.15) is 26.3 Å². The maximum Gasteiger partial charge on any atom is 0.408 e. The molecule has 5 nitrogen and oxygen atoms in total. The summed E-state index contributed by atoms with van der Waals surface area (Å²) in [7, 11) is 0. The number of amides is 1. The molecule has 0 aliphatic rings. The van der Waals surface area contributed by atoms with Gasteiger partial charge in [0.1, 0.15) is 5.60 Å². The Labute approximate surface area is 110 Å². The number of aliphatic carboxylic acids is 1. The van der Waals surface area contributed by atoms with Gasteiger partial charge in [-0.05, 0) is 49.6 Å². The molecule has 18 heavy (non-hydrogen) atoms. The number of alkyl carbamates (subject to hydrolysis) is 1. The summed E-state index contributed by atoms with van der Waals surface area (Å²) in [5.41, 5.74) is 0.174. The van der Waals surface area contributed by atoms with Crippen molar-refractivity contribution in [3.63, 3.8) is 0 Å². The van der Waals surface area contributed by atoms with E-state index in [1.165, 1.54) is 11.3 Å². The summed E-state index contributed by atoms with van der Waals surface area (Å²) >= 11 is 1.46. The highest BCUT2D eigenvalue weighted by Crippen LogP contribution is 2.10. The van der Waals surface area contributed by atoms with Crippen molar-refractivity contribution in [1.29, 1.82) is 0 Å². The molecule has 1 N–H and O–H groups in total. The number of rotatable bonds is 4. The van der Waals surface area contributed by atoms with Gasteiger partial charge in [0.2, 0.25) is 0 Å². The van der Waals surface area contributed by atoms with Crippen LogP contribution in [0.5, 0.6) is 0 Å². The molecule has 1 atom stereocenters. The van der Waals surface area contributed by atoms with Gasteiger partial charge in [-0.1, -0.05) is 0 Å². The lowest BCUT2D eigenvalue weighted by molar-refractivity contribution is -0.308. The van der Waals surface area contributed by atoms with Crippen molar-refractivity contribution in [2.75, 3.05) is 0 Å². The highest BCUT2D eigenvalue weighted by molar-refractivity contribution is 7.07. The van der Waals surface area contributed by atoms with E-state index in [1.807, 2.05) is 10.8 Å². The summed E-state index contributed by atoms with van der Waals surface area (Å²) < 4.78 is 5.00. The minimum absolute atomic E-state index is 0.186. The second-order valence-electron chi connectivity index (χ2n) is 4.85. The molecule has 0 aromatic carbocycles. The first kappa shape index (κ1) is 14.5. The number of carboxylic acid groups (broad SMARTS) is 1. The molecule has 0 unspecified atom stereocenters. The van der Waals surface area contributed by atoms with E-state index in [9.17, 15) is 14.7 Å². The molecule has 0 saturated heterocycles. The van der Waals surface area contributed by atoms with E-state index in [-0.39, 0.29) is 6.42 Å². The summed E-state index contributed by atoms with van der Waals surface area (Å²) in [4.78, 5) is 22.4. The van der Waals surface area contributed by atoms with Crippen LogP contribution in [0.2, 0.25) is 0 Å². The van der Waals surface area contributed by atoms with E-state index in [0.29, 0.717) is 0 Å². The lowest BCUT2D eigenvalue weighted by atomic mass is 10.1. The van der Waals surface area contributed by atoms with Gasteiger partial charge >= 0.3 is 6.09 Å². The molecule has 0 fully saturated rings. The zero-order chi connectivity index (χ0) is 13.8. The summed E-state index contributed by atoms with van der Waals surface area (Å²) in [6, 6.07) is 0.714.